The van der Waals surface area contributed by atoms with Crippen LogP contribution in [0.15, 0.2) is 6.20 Å². The second-order valence-corrected chi connectivity index (χ2v) is 6.99. The summed E-state index contributed by atoms with van der Waals surface area (Å²) in [5.74, 6) is 2.41. The van der Waals surface area contributed by atoms with E-state index < -0.39 is 0 Å². The van der Waals surface area contributed by atoms with Gasteiger partial charge in [0.25, 0.3) is 0 Å². The van der Waals surface area contributed by atoms with Gasteiger partial charge in [0.15, 0.2) is 0 Å². The van der Waals surface area contributed by atoms with Crippen LogP contribution in [0.2, 0.25) is 0 Å². The Morgan fingerprint density at radius 1 is 1.33 bits per heavy atom. The van der Waals surface area contributed by atoms with E-state index in [4.69, 9.17) is 0 Å². The van der Waals surface area contributed by atoms with E-state index in [0.29, 0.717) is 5.92 Å². The molecular weight excluding hydrogens is 260 g/mol. The highest BCUT2D eigenvalue weighted by Crippen LogP contribution is 2.38. The Hall–Kier alpha value is -0.870. The van der Waals surface area contributed by atoms with Crippen molar-refractivity contribution in [2.24, 2.45) is 11.8 Å². The molecule has 1 fully saturated rings. The summed E-state index contributed by atoms with van der Waals surface area (Å²) in [5.41, 5.74) is 2.72. The summed E-state index contributed by atoms with van der Waals surface area (Å²) in [6, 6.07) is 0. The molecule has 0 radical (unpaired) electrons. The summed E-state index contributed by atoms with van der Waals surface area (Å²) >= 11 is 0. The Balaban J connectivity index is 1.91. The van der Waals surface area contributed by atoms with Gasteiger partial charge in [0.1, 0.15) is 0 Å². The molecule has 2 rings (SSSR count). The lowest BCUT2D eigenvalue weighted by molar-refractivity contribution is 0.255. The molecule has 0 aliphatic heterocycles. The Bertz CT molecular complexity index is 405. The lowest BCUT2D eigenvalue weighted by atomic mass is 9.75. The predicted molar refractivity (Wildman–Crippen MR) is 88.4 cm³/mol. The standard InChI is InChI=1S/C17H32N4/c1-13(2)14-5-7-15(8-6-14)17-16(11-19-20-17)12-21(4)10-9-18-3/h11,13-15,18H,5-10,12H2,1-4H3,(H,19,20). The molecular formula is C17H32N4. The monoisotopic (exact) mass is 292 g/mol. The lowest BCUT2D eigenvalue weighted by Gasteiger charge is -2.30. The maximum absolute atomic E-state index is 4.58. The molecule has 0 bridgehead atoms. The largest absolute Gasteiger partial charge is 0.318 e. The third-order valence-corrected chi connectivity index (χ3v) is 5.04. The van der Waals surface area contributed by atoms with Crippen molar-refractivity contribution in [2.75, 3.05) is 27.2 Å². The number of aromatic amines is 1. The molecule has 120 valence electrons. The molecule has 21 heavy (non-hydrogen) atoms. The lowest BCUT2D eigenvalue weighted by Crippen LogP contribution is -2.27. The molecule has 0 amide bonds. The fraction of sp³-hybridized carbons (Fsp3) is 0.824. The predicted octanol–water partition coefficient (Wildman–Crippen LogP) is 2.99. The second-order valence-electron chi connectivity index (χ2n) is 6.99. The van der Waals surface area contributed by atoms with Crippen molar-refractivity contribution < 1.29 is 0 Å². The maximum Gasteiger partial charge on any atom is 0.0697 e. The van der Waals surface area contributed by atoms with Crippen LogP contribution in [-0.2, 0) is 6.54 Å². The third kappa shape index (κ3) is 4.55. The van der Waals surface area contributed by atoms with E-state index in [9.17, 15) is 0 Å². The SMILES string of the molecule is CNCCN(C)Cc1c[nH]nc1C1CCC(C(C)C)CC1. The van der Waals surface area contributed by atoms with Crippen molar-refractivity contribution in [3.63, 3.8) is 0 Å². The van der Waals surface area contributed by atoms with Gasteiger partial charge in [-0.05, 0) is 51.6 Å². The smallest absolute Gasteiger partial charge is 0.0697 e. The van der Waals surface area contributed by atoms with Gasteiger partial charge in [0.2, 0.25) is 0 Å². The van der Waals surface area contributed by atoms with Crippen LogP contribution >= 0.6 is 0 Å². The van der Waals surface area contributed by atoms with Crippen molar-refractivity contribution in [2.45, 2.75) is 52.0 Å². The molecule has 0 saturated heterocycles. The van der Waals surface area contributed by atoms with Gasteiger partial charge in [-0.1, -0.05) is 13.8 Å². The van der Waals surface area contributed by atoms with E-state index in [2.05, 4.69) is 47.5 Å². The molecule has 1 aliphatic carbocycles. The number of nitrogens with zero attached hydrogens (tertiary/aromatic N) is 2. The van der Waals surface area contributed by atoms with Crippen molar-refractivity contribution in [3.05, 3.63) is 17.5 Å². The summed E-state index contributed by atoms with van der Waals surface area (Å²) in [4.78, 5) is 2.37. The normalized spacial score (nSPS) is 23.1. The molecule has 1 heterocycles. The highest BCUT2D eigenvalue weighted by Gasteiger charge is 2.27. The maximum atomic E-state index is 4.58. The number of H-pyrrole nitrogens is 1. The first-order valence-corrected chi connectivity index (χ1v) is 8.47. The molecule has 1 saturated carbocycles. The average Bonchev–Trinajstić information content (AvgIpc) is 2.93. The zero-order chi connectivity index (χ0) is 15.2. The Morgan fingerprint density at radius 3 is 2.67 bits per heavy atom. The molecule has 4 nitrogen and oxygen atoms in total. The van der Waals surface area contributed by atoms with E-state index in [1.54, 1.807) is 0 Å². The summed E-state index contributed by atoms with van der Waals surface area (Å²) in [6.45, 7) is 7.82. The van der Waals surface area contributed by atoms with Gasteiger partial charge in [-0.2, -0.15) is 5.10 Å². The van der Waals surface area contributed by atoms with Crippen LogP contribution < -0.4 is 5.32 Å². The van der Waals surface area contributed by atoms with E-state index in [1.807, 2.05) is 7.05 Å². The summed E-state index contributed by atoms with van der Waals surface area (Å²) in [5, 5.41) is 10.9. The quantitative estimate of drug-likeness (QED) is 0.812. The topological polar surface area (TPSA) is 44.0 Å². The van der Waals surface area contributed by atoms with Gasteiger partial charge in [0.05, 0.1) is 5.69 Å². The molecule has 1 aromatic heterocycles. The molecule has 0 atom stereocenters. The van der Waals surface area contributed by atoms with Gasteiger partial charge in [-0.15, -0.1) is 0 Å². The number of nitrogens with one attached hydrogen (secondary N) is 2. The first-order valence-electron chi connectivity index (χ1n) is 8.47. The van der Waals surface area contributed by atoms with E-state index in [-0.39, 0.29) is 0 Å². The first-order chi connectivity index (χ1) is 10.1. The van der Waals surface area contributed by atoms with E-state index >= 15 is 0 Å². The van der Waals surface area contributed by atoms with E-state index in [0.717, 1.165) is 31.5 Å². The van der Waals surface area contributed by atoms with Crippen molar-refractivity contribution >= 4 is 0 Å². The minimum absolute atomic E-state index is 0.666. The zero-order valence-corrected chi connectivity index (χ0v) is 14.2. The van der Waals surface area contributed by atoms with Gasteiger partial charge in [0, 0.05) is 37.3 Å². The summed E-state index contributed by atoms with van der Waals surface area (Å²) in [6.07, 6.45) is 7.44. The number of rotatable bonds is 7. The minimum Gasteiger partial charge on any atom is -0.318 e. The van der Waals surface area contributed by atoms with Crippen LogP contribution in [0.5, 0.6) is 0 Å². The van der Waals surface area contributed by atoms with Crippen LogP contribution in [0, 0.1) is 11.8 Å². The fourth-order valence-electron chi connectivity index (χ4n) is 3.54. The van der Waals surface area contributed by atoms with E-state index in [1.165, 1.54) is 36.9 Å². The van der Waals surface area contributed by atoms with Crippen LogP contribution in [0.25, 0.3) is 0 Å². The molecule has 0 unspecified atom stereocenters. The van der Waals surface area contributed by atoms with Crippen molar-refractivity contribution in [1.29, 1.82) is 0 Å². The molecule has 1 aromatic rings. The Labute approximate surface area is 129 Å². The number of hydrogen-bond acceptors (Lipinski definition) is 3. The van der Waals surface area contributed by atoms with Gasteiger partial charge in [-0.3, -0.25) is 5.10 Å². The fourth-order valence-corrected chi connectivity index (χ4v) is 3.54. The van der Waals surface area contributed by atoms with Crippen LogP contribution in [-0.4, -0.2) is 42.3 Å². The van der Waals surface area contributed by atoms with Crippen LogP contribution in [0.4, 0.5) is 0 Å². The first kappa shape index (κ1) is 16.5. The molecule has 4 heteroatoms. The molecule has 0 spiro atoms. The zero-order valence-electron chi connectivity index (χ0n) is 14.2. The van der Waals surface area contributed by atoms with Gasteiger partial charge in [-0.25, -0.2) is 0 Å². The van der Waals surface area contributed by atoms with Gasteiger partial charge >= 0.3 is 0 Å². The molecule has 0 aromatic carbocycles. The van der Waals surface area contributed by atoms with Crippen LogP contribution in [0.1, 0.15) is 56.7 Å². The number of hydrogen-bond donors (Lipinski definition) is 2. The van der Waals surface area contributed by atoms with Gasteiger partial charge < -0.3 is 10.2 Å². The Morgan fingerprint density at radius 2 is 2.05 bits per heavy atom. The highest BCUT2D eigenvalue weighted by atomic mass is 15.1. The summed E-state index contributed by atoms with van der Waals surface area (Å²) in [7, 11) is 4.19. The van der Waals surface area contributed by atoms with Crippen molar-refractivity contribution in [3.8, 4) is 0 Å². The Kier molecular flexibility index (Phi) is 6.24. The summed E-state index contributed by atoms with van der Waals surface area (Å²) < 4.78 is 0. The molecule has 2 N–H and O–H groups in total. The highest BCUT2D eigenvalue weighted by molar-refractivity contribution is 5.21. The average molecular weight is 292 g/mol. The number of aromatic nitrogens is 2. The second kappa shape index (κ2) is 7.95. The third-order valence-electron chi connectivity index (χ3n) is 5.04. The molecule has 1 aliphatic rings. The van der Waals surface area contributed by atoms with Crippen LogP contribution in [0.3, 0.4) is 0 Å². The minimum atomic E-state index is 0.666. The number of likely N-dealkylation sites (N-methyl/N-ethyl adjacent to an activating group) is 2. The van der Waals surface area contributed by atoms with Crippen molar-refractivity contribution in [1.82, 2.24) is 20.4 Å².